The first-order valence-corrected chi connectivity index (χ1v) is 6.16. The summed E-state index contributed by atoms with van der Waals surface area (Å²) in [7, 11) is 0. The highest BCUT2D eigenvalue weighted by molar-refractivity contribution is 5.03. The Labute approximate surface area is 116 Å². The lowest BCUT2D eigenvalue weighted by Gasteiger charge is -2.36. The van der Waals surface area contributed by atoms with Crippen LogP contribution in [-0.2, 0) is 4.74 Å². The zero-order valence-corrected chi connectivity index (χ0v) is 11.3. The Morgan fingerprint density at radius 2 is 1.29 bits per heavy atom. The van der Waals surface area contributed by atoms with Crippen LogP contribution in [0.3, 0.4) is 0 Å². The fourth-order valence-electron chi connectivity index (χ4n) is 1.33. The highest BCUT2D eigenvalue weighted by Gasteiger charge is 2.79. The molecule has 10 heteroatoms. The van der Waals surface area contributed by atoms with Crippen molar-refractivity contribution < 1.29 is 39.9 Å². The SMILES string of the molecule is CCCCCOCC(F)(F)C(F)(F)C(F)(F)C(F)(F)CN. The van der Waals surface area contributed by atoms with E-state index in [9.17, 15) is 35.1 Å². The number of hydrogen-bond acceptors (Lipinski definition) is 2. The molecule has 0 aromatic rings. The lowest BCUT2D eigenvalue weighted by molar-refractivity contribution is -0.369. The van der Waals surface area contributed by atoms with Crippen molar-refractivity contribution in [2.24, 2.45) is 5.73 Å². The van der Waals surface area contributed by atoms with Crippen molar-refractivity contribution in [1.29, 1.82) is 0 Å². The number of unbranched alkanes of at least 4 members (excludes halogenated alkanes) is 2. The number of rotatable bonds is 10. The Morgan fingerprint density at radius 3 is 1.71 bits per heavy atom. The van der Waals surface area contributed by atoms with Crippen LogP contribution in [0.1, 0.15) is 26.2 Å². The fourth-order valence-corrected chi connectivity index (χ4v) is 1.33. The first kappa shape index (κ1) is 20.4. The van der Waals surface area contributed by atoms with Crippen LogP contribution in [0.5, 0.6) is 0 Å². The van der Waals surface area contributed by atoms with E-state index in [1.165, 1.54) is 0 Å². The van der Waals surface area contributed by atoms with Gasteiger partial charge in [0.1, 0.15) is 6.61 Å². The molecule has 0 rings (SSSR count). The van der Waals surface area contributed by atoms with Gasteiger partial charge in [0.25, 0.3) is 0 Å². The predicted octanol–water partition coefficient (Wildman–Crippen LogP) is 3.69. The highest BCUT2D eigenvalue weighted by atomic mass is 19.4. The predicted molar refractivity (Wildman–Crippen MR) is 59.2 cm³/mol. The largest absolute Gasteiger partial charge is 0.380 e. The molecule has 0 aliphatic rings. The number of halogens is 8. The summed E-state index contributed by atoms with van der Waals surface area (Å²) in [5.74, 6) is -23.5. The molecule has 0 amide bonds. The van der Waals surface area contributed by atoms with Gasteiger partial charge in [-0.2, -0.15) is 35.1 Å². The van der Waals surface area contributed by atoms with Crippen molar-refractivity contribution in [2.45, 2.75) is 49.9 Å². The molecule has 0 radical (unpaired) electrons. The zero-order chi connectivity index (χ0) is 16.9. The molecular formula is C11H17F8NO. The van der Waals surface area contributed by atoms with Crippen LogP contribution in [0.15, 0.2) is 0 Å². The lowest BCUT2D eigenvalue weighted by Crippen LogP contribution is -2.65. The minimum atomic E-state index is -6.30. The number of alkyl halides is 8. The van der Waals surface area contributed by atoms with Gasteiger partial charge < -0.3 is 10.5 Å². The average molecular weight is 331 g/mol. The van der Waals surface area contributed by atoms with Gasteiger partial charge in [0.15, 0.2) is 0 Å². The number of ether oxygens (including phenoxy) is 1. The lowest BCUT2D eigenvalue weighted by atomic mass is 9.99. The molecule has 0 aromatic carbocycles. The minimum Gasteiger partial charge on any atom is -0.375 e. The normalized spacial score (nSPS) is 14.6. The zero-order valence-electron chi connectivity index (χ0n) is 11.3. The molecule has 0 aliphatic heterocycles. The van der Waals surface area contributed by atoms with Gasteiger partial charge in [-0.25, -0.2) is 0 Å². The highest BCUT2D eigenvalue weighted by Crippen LogP contribution is 2.52. The summed E-state index contributed by atoms with van der Waals surface area (Å²) < 4.78 is 108. The third-order valence-electron chi connectivity index (χ3n) is 2.75. The number of hydrogen-bond donors (Lipinski definition) is 1. The Morgan fingerprint density at radius 1 is 0.810 bits per heavy atom. The summed E-state index contributed by atoms with van der Waals surface area (Å²) in [6.07, 6.45) is 1.51. The summed E-state index contributed by atoms with van der Waals surface area (Å²) in [5.41, 5.74) is 4.25. The van der Waals surface area contributed by atoms with Crippen LogP contribution in [0.2, 0.25) is 0 Å². The molecule has 0 aromatic heterocycles. The van der Waals surface area contributed by atoms with E-state index >= 15 is 0 Å². The van der Waals surface area contributed by atoms with E-state index in [1.807, 2.05) is 0 Å². The average Bonchev–Trinajstić information content (AvgIpc) is 2.37. The maximum absolute atomic E-state index is 13.1. The second-order valence-electron chi connectivity index (χ2n) is 4.52. The van der Waals surface area contributed by atoms with Crippen LogP contribution in [0.25, 0.3) is 0 Å². The standard InChI is InChI=1S/C11H17F8NO/c1-2-3-4-5-21-7-9(14,15)11(18,19)10(16,17)8(12,13)6-20/h2-7,20H2,1H3. The van der Waals surface area contributed by atoms with Gasteiger partial charge >= 0.3 is 23.7 Å². The smallest absolute Gasteiger partial charge is 0.375 e. The molecule has 0 unspecified atom stereocenters. The maximum atomic E-state index is 13.1. The molecule has 21 heavy (non-hydrogen) atoms. The second kappa shape index (κ2) is 7.08. The van der Waals surface area contributed by atoms with E-state index in [1.54, 1.807) is 6.92 Å². The molecule has 0 atom stereocenters. The molecule has 2 N–H and O–H groups in total. The van der Waals surface area contributed by atoms with Crippen LogP contribution >= 0.6 is 0 Å². The van der Waals surface area contributed by atoms with Crippen molar-refractivity contribution >= 4 is 0 Å². The van der Waals surface area contributed by atoms with Crippen molar-refractivity contribution in [1.82, 2.24) is 0 Å². The topological polar surface area (TPSA) is 35.2 Å². The molecular weight excluding hydrogens is 314 g/mol. The van der Waals surface area contributed by atoms with E-state index in [2.05, 4.69) is 10.5 Å². The van der Waals surface area contributed by atoms with Gasteiger partial charge in [0.05, 0.1) is 6.54 Å². The van der Waals surface area contributed by atoms with Crippen LogP contribution in [0.4, 0.5) is 35.1 Å². The third kappa shape index (κ3) is 4.18. The van der Waals surface area contributed by atoms with Crippen molar-refractivity contribution in [3.63, 3.8) is 0 Å². The molecule has 0 heterocycles. The Kier molecular flexibility index (Phi) is 6.86. The first-order valence-electron chi connectivity index (χ1n) is 6.16. The molecule has 0 fully saturated rings. The van der Waals surface area contributed by atoms with Crippen LogP contribution < -0.4 is 5.73 Å². The summed E-state index contributed by atoms with van der Waals surface area (Å²) in [5, 5.41) is 0. The van der Waals surface area contributed by atoms with Crippen LogP contribution in [0, 0.1) is 0 Å². The third-order valence-corrected chi connectivity index (χ3v) is 2.75. The van der Waals surface area contributed by atoms with E-state index in [-0.39, 0.29) is 13.0 Å². The summed E-state index contributed by atoms with van der Waals surface area (Å²) in [4.78, 5) is 0. The molecule has 0 saturated heterocycles. The van der Waals surface area contributed by atoms with E-state index in [0.29, 0.717) is 12.8 Å². The van der Waals surface area contributed by atoms with E-state index < -0.39 is 36.8 Å². The Balaban J connectivity index is 4.93. The van der Waals surface area contributed by atoms with E-state index in [4.69, 9.17) is 0 Å². The van der Waals surface area contributed by atoms with Gasteiger partial charge in [0, 0.05) is 6.61 Å². The van der Waals surface area contributed by atoms with Gasteiger partial charge in [0.2, 0.25) is 0 Å². The molecule has 2 nitrogen and oxygen atoms in total. The number of nitrogens with two attached hydrogens (primary N) is 1. The monoisotopic (exact) mass is 331 g/mol. The molecule has 0 saturated carbocycles. The van der Waals surface area contributed by atoms with Gasteiger partial charge in [-0.15, -0.1) is 0 Å². The Bertz CT molecular complexity index is 321. The van der Waals surface area contributed by atoms with Crippen molar-refractivity contribution in [2.75, 3.05) is 19.8 Å². The second-order valence-corrected chi connectivity index (χ2v) is 4.52. The molecule has 0 aliphatic carbocycles. The Hall–Kier alpha value is -0.640. The molecule has 128 valence electrons. The van der Waals surface area contributed by atoms with Crippen molar-refractivity contribution in [3.05, 3.63) is 0 Å². The minimum absolute atomic E-state index is 0.257. The maximum Gasteiger partial charge on any atom is 0.380 e. The summed E-state index contributed by atoms with van der Waals surface area (Å²) >= 11 is 0. The fraction of sp³-hybridized carbons (Fsp3) is 1.00. The van der Waals surface area contributed by atoms with Gasteiger partial charge in [-0.1, -0.05) is 19.8 Å². The quantitative estimate of drug-likeness (QED) is 0.489. The van der Waals surface area contributed by atoms with Gasteiger partial charge in [-0.05, 0) is 6.42 Å². The molecule has 0 bridgehead atoms. The summed E-state index contributed by atoms with van der Waals surface area (Å²) in [6.45, 7) is -2.86. The first-order chi connectivity index (χ1) is 9.37. The van der Waals surface area contributed by atoms with Crippen molar-refractivity contribution in [3.8, 4) is 0 Å². The van der Waals surface area contributed by atoms with Gasteiger partial charge in [-0.3, -0.25) is 0 Å². The summed E-state index contributed by atoms with van der Waals surface area (Å²) in [6, 6.07) is 0. The van der Waals surface area contributed by atoms with Crippen LogP contribution in [-0.4, -0.2) is 43.4 Å². The van der Waals surface area contributed by atoms with E-state index in [0.717, 1.165) is 0 Å². The molecule has 0 spiro atoms.